The van der Waals surface area contributed by atoms with Crippen molar-refractivity contribution >= 4 is 17.6 Å². The number of urea groups is 1. The van der Waals surface area contributed by atoms with E-state index in [1.807, 2.05) is 0 Å². The summed E-state index contributed by atoms with van der Waals surface area (Å²) in [7, 11) is 3.33. The lowest BCUT2D eigenvalue weighted by Gasteiger charge is -2.11. The van der Waals surface area contributed by atoms with Gasteiger partial charge in [0.25, 0.3) is 5.91 Å². The smallest absolute Gasteiger partial charge is 0.332 e. The molecule has 0 aliphatic heterocycles. The number of hydrogen-bond donors (Lipinski definition) is 2. The summed E-state index contributed by atoms with van der Waals surface area (Å²) < 4.78 is 5.34. The molecule has 0 fully saturated rings. The van der Waals surface area contributed by atoms with Crippen LogP contribution in [-0.4, -0.2) is 43.3 Å². The topological polar surface area (TPSA) is 97.0 Å². The molecule has 20 heavy (non-hydrogen) atoms. The number of rotatable bonds is 5. The van der Waals surface area contributed by atoms with E-state index < -0.39 is 6.03 Å². The van der Waals surface area contributed by atoms with Crippen LogP contribution in [0, 0.1) is 0 Å². The zero-order valence-electron chi connectivity index (χ0n) is 11.7. The summed E-state index contributed by atoms with van der Waals surface area (Å²) in [6, 6.07) is 6.28. The number of amides is 3. The summed E-state index contributed by atoms with van der Waals surface area (Å²) in [5, 5.41) is 3.81. The van der Waals surface area contributed by atoms with E-state index in [9.17, 15) is 9.59 Å². The summed E-state index contributed by atoms with van der Waals surface area (Å²) in [5.74, 6) is 0.470. The lowest BCUT2D eigenvalue weighted by Crippen LogP contribution is -2.27. The number of nitrogens with zero attached hydrogens (tertiary/aromatic N) is 2. The normalized spacial score (nSPS) is 10.8. The first kappa shape index (κ1) is 15.5. The number of ether oxygens (including phenoxy) is 1. The van der Waals surface area contributed by atoms with Gasteiger partial charge in [-0.1, -0.05) is 0 Å². The summed E-state index contributed by atoms with van der Waals surface area (Å²) in [5.41, 5.74) is 8.50. The highest BCUT2D eigenvalue weighted by Crippen LogP contribution is 2.12. The van der Waals surface area contributed by atoms with Crippen molar-refractivity contribution in [3.8, 4) is 5.75 Å². The Hall–Kier alpha value is -2.57. The Labute approximate surface area is 117 Å². The number of likely N-dealkylation sites (N-methyl/N-ethyl adjacent to an activating group) is 1. The lowest BCUT2D eigenvalue weighted by molar-refractivity contribution is -0.130. The van der Waals surface area contributed by atoms with Gasteiger partial charge in [-0.15, -0.1) is 0 Å². The first-order valence-electron chi connectivity index (χ1n) is 5.93. The molecule has 0 bridgehead atoms. The molecule has 3 amide bonds. The van der Waals surface area contributed by atoms with Crippen LogP contribution in [0.1, 0.15) is 12.5 Å². The predicted molar refractivity (Wildman–Crippen MR) is 75.6 cm³/mol. The summed E-state index contributed by atoms with van der Waals surface area (Å²) in [6.07, 6.45) is 0. The molecule has 0 spiro atoms. The van der Waals surface area contributed by atoms with E-state index in [1.165, 1.54) is 4.90 Å². The second kappa shape index (κ2) is 7.13. The van der Waals surface area contributed by atoms with Crippen molar-refractivity contribution in [2.75, 3.05) is 20.7 Å². The molecular formula is C13H18N4O3. The van der Waals surface area contributed by atoms with Crippen LogP contribution in [0.4, 0.5) is 4.79 Å². The average Bonchev–Trinajstić information content (AvgIpc) is 2.42. The maximum atomic E-state index is 11.4. The van der Waals surface area contributed by atoms with Crippen molar-refractivity contribution in [3.63, 3.8) is 0 Å². The zero-order valence-corrected chi connectivity index (χ0v) is 11.7. The monoisotopic (exact) mass is 278 g/mol. The van der Waals surface area contributed by atoms with Gasteiger partial charge in [-0.25, -0.2) is 10.2 Å². The molecule has 1 aromatic rings. The average molecular weight is 278 g/mol. The van der Waals surface area contributed by atoms with Crippen molar-refractivity contribution in [3.05, 3.63) is 29.8 Å². The molecule has 0 saturated carbocycles. The van der Waals surface area contributed by atoms with Crippen LogP contribution < -0.4 is 15.9 Å². The third-order valence-corrected chi connectivity index (χ3v) is 2.47. The van der Waals surface area contributed by atoms with Crippen LogP contribution in [0.25, 0.3) is 0 Å². The molecule has 0 atom stereocenters. The lowest BCUT2D eigenvalue weighted by atomic mass is 10.1. The first-order valence-corrected chi connectivity index (χ1v) is 5.93. The summed E-state index contributed by atoms with van der Waals surface area (Å²) >= 11 is 0. The minimum atomic E-state index is -0.716. The molecule has 1 rings (SSSR count). The van der Waals surface area contributed by atoms with Gasteiger partial charge < -0.3 is 15.4 Å². The van der Waals surface area contributed by atoms with Gasteiger partial charge in [0.2, 0.25) is 0 Å². The fraction of sp³-hybridized carbons (Fsp3) is 0.308. The minimum absolute atomic E-state index is 0.0113. The molecule has 0 saturated heterocycles. The number of hydrogen-bond acceptors (Lipinski definition) is 4. The van der Waals surface area contributed by atoms with Crippen LogP contribution in [0.2, 0.25) is 0 Å². The van der Waals surface area contributed by atoms with Crippen LogP contribution >= 0.6 is 0 Å². The molecule has 0 aromatic heterocycles. The highest BCUT2D eigenvalue weighted by atomic mass is 16.5. The van der Waals surface area contributed by atoms with E-state index >= 15 is 0 Å². The standard InChI is InChI=1S/C13H18N4O3/c1-9(15-16-13(14)19)10-4-6-11(7-5-10)20-8-12(18)17(2)3/h4-7H,8H2,1-3H3,(H3,14,16,19)/b15-9+. The van der Waals surface area contributed by atoms with Crippen molar-refractivity contribution in [1.82, 2.24) is 10.3 Å². The number of carbonyl (C=O) groups is 2. The van der Waals surface area contributed by atoms with E-state index in [4.69, 9.17) is 10.5 Å². The first-order chi connectivity index (χ1) is 9.40. The summed E-state index contributed by atoms with van der Waals surface area (Å²) in [6.45, 7) is 1.73. The van der Waals surface area contributed by atoms with Gasteiger partial charge in [-0.2, -0.15) is 5.10 Å². The molecule has 108 valence electrons. The molecule has 7 nitrogen and oxygen atoms in total. The van der Waals surface area contributed by atoms with Gasteiger partial charge >= 0.3 is 6.03 Å². The van der Waals surface area contributed by atoms with E-state index in [1.54, 1.807) is 45.3 Å². The van der Waals surface area contributed by atoms with Crippen LogP contribution in [0.5, 0.6) is 5.75 Å². The number of nitrogens with two attached hydrogens (primary N) is 1. The van der Waals surface area contributed by atoms with Gasteiger partial charge in [-0.3, -0.25) is 4.79 Å². The van der Waals surface area contributed by atoms with Gasteiger partial charge in [0.1, 0.15) is 5.75 Å². The van der Waals surface area contributed by atoms with Crippen LogP contribution in [0.3, 0.4) is 0 Å². The van der Waals surface area contributed by atoms with Crippen molar-refractivity contribution in [2.45, 2.75) is 6.92 Å². The fourth-order valence-corrected chi connectivity index (χ4v) is 1.27. The maximum absolute atomic E-state index is 11.4. The van der Waals surface area contributed by atoms with Gasteiger partial charge in [-0.05, 0) is 36.8 Å². The van der Waals surface area contributed by atoms with Crippen molar-refractivity contribution in [2.24, 2.45) is 10.8 Å². The van der Waals surface area contributed by atoms with E-state index in [2.05, 4.69) is 10.5 Å². The second-order valence-electron chi connectivity index (χ2n) is 4.27. The quantitative estimate of drug-likeness (QED) is 0.608. The largest absolute Gasteiger partial charge is 0.484 e. The number of carbonyl (C=O) groups excluding carboxylic acids is 2. The Bertz CT molecular complexity index is 509. The second-order valence-corrected chi connectivity index (χ2v) is 4.27. The highest BCUT2D eigenvalue weighted by Gasteiger charge is 2.05. The van der Waals surface area contributed by atoms with Crippen molar-refractivity contribution in [1.29, 1.82) is 0 Å². The minimum Gasteiger partial charge on any atom is -0.484 e. The van der Waals surface area contributed by atoms with Gasteiger partial charge in [0, 0.05) is 14.1 Å². The maximum Gasteiger partial charge on any atom is 0.332 e. The molecule has 0 unspecified atom stereocenters. The zero-order chi connectivity index (χ0) is 15.1. The van der Waals surface area contributed by atoms with Crippen LogP contribution in [-0.2, 0) is 4.79 Å². The van der Waals surface area contributed by atoms with E-state index in [-0.39, 0.29) is 12.5 Å². The number of nitrogens with one attached hydrogen (secondary N) is 1. The Morgan fingerprint density at radius 1 is 1.30 bits per heavy atom. The van der Waals surface area contributed by atoms with E-state index in [0.29, 0.717) is 11.5 Å². The molecule has 0 radical (unpaired) electrons. The Morgan fingerprint density at radius 3 is 2.40 bits per heavy atom. The number of benzene rings is 1. The SMILES string of the molecule is C/C(=N\NC(N)=O)c1ccc(OCC(=O)N(C)C)cc1. The Balaban J connectivity index is 2.62. The molecule has 7 heteroatoms. The van der Waals surface area contributed by atoms with Crippen molar-refractivity contribution < 1.29 is 14.3 Å². The third-order valence-electron chi connectivity index (χ3n) is 2.47. The van der Waals surface area contributed by atoms with E-state index in [0.717, 1.165) is 5.56 Å². The number of hydrazone groups is 1. The fourth-order valence-electron chi connectivity index (χ4n) is 1.27. The molecular weight excluding hydrogens is 260 g/mol. The Morgan fingerprint density at radius 2 is 1.90 bits per heavy atom. The molecule has 0 aliphatic rings. The summed E-state index contributed by atoms with van der Waals surface area (Å²) in [4.78, 5) is 23.4. The third kappa shape index (κ3) is 4.97. The van der Waals surface area contributed by atoms with Crippen LogP contribution in [0.15, 0.2) is 29.4 Å². The molecule has 0 heterocycles. The highest BCUT2D eigenvalue weighted by molar-refractivity contribution is 5.99. The molecule has 3 N–H and O–H groups in total. The predicted octanol–water partition coefficient (Wildman–Crippen LogP) is 0.546. The Kier molecular flexibility index (Phi) is 5.52. The van der Waals surface area contributed by atoms with Gasteiger partial charge in [0.15, 0.2) is 6.61 Å². The number of primary amides is 1. The van der Waals surface area contributed by atoms with Gasteiger partial charge in [0.05, 0.1) is 5.71 Å². The molecule has 1 aromatic carbocycles. The molecule has 0 aliphatic carbocycles.